The number of nitrogens with zero attached hydrogens (tertiary/aromatic N) is 2. The number of carbonyl (C=O) groups is 1. The topological polar surface area (TPSA) is 43.8 Å². The molecule has 0 radical (unpaired) electrons. The molecule has 1 aromatic carbocycles. The molecular weight excluding hydrogens is 252 g/mol. The van der Waals surface area contributed by atoms with Gasteiger partial charge >= 0.3 is 5.97 Å². The zero-order valence-electron chi connectivity index (χ0n) is 12.3. The smallest absolute Gasteiger partial charge is 0.312 e. The Hall–Kier alpha value is -1.39. The van der Waals surface area contributed by atoms with Gasteiger partial charge in [0.1, 0.15) is 0 Å². The number of likely N-dealkylation sites (tertiary alicyclic amines) is 1. The van der Waals surface area contributed by atoms with E-state index in [0.717, 1.165) is 25.1 Å². The van der Waals surface area contributed by atoms with Crippen molar-refractivity contribution in [1.82, 2.24) is 9.80 Å². The number of carboxylic acids is 1. The van der Waals surface area contributed by atoms with Gasteiger partial charge in [-0.3, -0.25) is 4.79 Å². The third-order valence-corrected chi connectivity index (χ3v) is 4.19. The summed E-state index contributed by atoms with van der Waals surface area (Å²) in [6.07, 6.45) is 2.34. The third kappa shape index (κ3) is 3.81. The SMILES string of the molecule is CN1CCCC(N(C)CC(C(=O)O)c2ccccc2)C1. The fourth-order valence-electron chi connectivity index (χ4n) is 2.95. The second-order valence-electron chi connectivity index (χ2n) is 5.80. The molecular formula is C16H24N2O2. The molecule has 4 heteroatoms. The van der Waals surface area contributed by atoms with E-state index in [0.29, 0.717) is 12.6 Å². The minimum absolute atomic E-state index is 0.451. The highest BCUT2D eigenvalue weighted by molar-refractivity contribution is 5.76. The van der Waals surface area contributed by atoms with E-state index in [1.807, 2.05) is 37.4 Å². The number of aliphatic carboxylic acids is 1. The Labute approximate surface area is 121 Å². The number of hydrogen-bond donors (Lipinski definition) is 1. The molecule has 1 aromatic rings. The van der Waals surface area contributed by atoms with Gasteiger partial charge in [0, 0.05) is 19.1 Å². The van der Waals surface area contributed by atoms with E-state index in [9.17, 15) is 9.90 Å². The summed E-state index contributed by atoms with van der Waals surface area (Å²) < 4.78 is 0. The highest BCUT2D eigenvalue weighted by Gasteiger charge is 2.27. The summed E-state index contributed by atoms with van der Waals surface area (Å²) >= 11 is 0. The Morgan fingerprint density at radius 2 is 2.15 bits per heavy atom. The molecule has 2 atom stereocenters. The molecule has 1 heterocycles. The molecule has 1 aliphatic rings. The van der Waals surface area contributed by atoms with Crippen LogP contribution in [0.25, 0.3) is 0 Å². The van der Waals surface area contributed by atoms with Gasteiger partial charge in [-0.25, -0.2) is 0 Å². The van der Waals surface area contributed by atoms with E-state index in [-0.39, 0.29) is 0 Å². The van der Waals surface area contributed by atoms with E-state index in [1.165, 1.54) is 6.42 Å². The summed E-state index contributed by atoms with van der Waals surface area (Å²) in [7, 11) is 4.18. The second-order valence-corrected chi connectivity index (χ2v) is 5.80. The third-order valence-electron chi connectivity index (χ3n) is 4.19. The molecule has 1 saturated heterocycles. The number of hydrogen-bond acceptors (Lipinski definition) is 3. The molecule has 0 aliphatic carbocycles. The number of benzene rings is 1. The highest BCUT2D eigenvalue weighted by Crippen LogP contribution is 2.20. The average molecular weight is 276 g/mol. The Kier molecular flexibility index (Phi) is 5.15. The van der Waals surface area contributed by atoms with Gasteiger partial charge in [0.25, 0.3) is 0 Å². The lowest BCUT2D eigenvalue weighted by atomic mass is 9.97. The van der Waals surface area contributed by atoms with Crippen molar-refractivity contribution in [2.75, 3.05) is 33.7 Å². The largest absolute Gasteiger partial charge is 0.481 e. The van der Waals surface area contributed by atoms with Crippen molar-refractivity contribution in [1.29, 1.82) is 0 Å². The molecule has 0 aromatic heterocycles. The summed E-state index contributed by atoms with van der Waals surface area (Å²) in [6, 6.07) is 9.99. The van der Waals surface area contributed by atoms with Crippen LogP contribution < -0.4 is 0 Å². The zero-order chi connectivity index (χ0) is 14.5. The minimum Gasteiger partial charge on any atom is -0.481 e. The Morgan fingerprint density at radius 3 is 2.75 bits per heavy atom. The van der Waals surface area contributed by atoms with Crippen molar-refractivity contribution in [3.05, 3.63) is 35.9 Å². The quantitative estimate of drug-likeness (QED) is 0.892. The maximum Gasteiger partial charge on any atom is 0.312 e. The van der Waals surface area contributed by atoms with E-state index in [2.05, 4.69) is 16.8 Å². The van der Waals surface area contributed by atoms with Crippen molar-refractivity contribution >= 4 is 5.97 Å². The monoisotopic (exact) mass is 276 g/mol. The number of piperidine rings is 1. The van der Waals surface area contributed by atoms with Crippen molar-refractivity contribution < 1.29 is 9.90 Å². The summed E-state index contributed by atoms with van der Waals surface area (Å²) in [5.41, 5.74) is 0.885. The molecule has 110 valence electrons. The lowest BCUT2D eigenvalue weighted by molar-refractivity contribution is -0.139. The number of likely N-dealkylation sites (N-methyl/N-ethyl adjacent to an activating group) is 2. The first kappa shape index (κ1) is 15.0. The predicted octanol–water partition coefficient (Wildman–Crippen LogP) is 1.88. The Morgan fingerprint density at radius 1 is 1.45 bits per heavy atom. The lowest BCUT2D eigenvalue weighted by Crippen LogP contribution is -2.46. The maximum atomic E-state index is 11.5. The van der Waals surface area contributed by atoms with Crippen LogP contribution in [0.5, 0.6) is 0 Å². The first-order valence-corrected chi connectivity index (χ1v) is 7.24. The van der Waals surface area contributed by atoms with Gasteiger partial charge in [-0.15, -0.1) is 0 Å². The van der Waals surface area contributed by atoms with Crippen LogP contribution in [0, 0.1) is 0 Å². The minimum atomic E-state index is -0.743. The van der Waals surface area contributed by atoms with Gasteiger partial charge < -0.3 is 14.9 Å². The van der Waals surface area contributed by atoms with E-state index >= 15 is 0 Å². The van der Waals surface area contributed by atoms with Crippen molar-refractivity contribution in [2.24, 2.45) is 0 Å². The predicted molar refractivity (Wildman–Crippen MR) is 80.0 cm³/mol. The average Bonchev–Trinajstić information content (AvgIpc) is 2.45. The first-order chi connectivity index (χ1) is 9.58. The maximum absolute atomic E-state index is 11.5. The van der Waals surface area contributed by atoms with Crippen LogP contribution in [0.2, 0.25) is 0 Å². The summed E-state index contributed by atoms with van der Waals surface area (Å²) in [5, 5.41) is 9.49. The van der Waals surface area contributed by atoms with Crippen LogP contribution in [0.15, 0.2) is 30.3 Å². The molecule has 2 rings (SSSR count). The van der Waals surface area contributed by atoms with Crippen LogP contribution in [0.1, 0.15) is 24.3 Å². The van der Waals surface area contributed by atoms with Crippen LogP contribution in [-0.2, 0) is 4.79 Å². The van der Waals surface area contributed by atoms with Crippen molar-refractivity contribution in [3.63, 3.8) is 0 Å². The summed E-state index contributed by atoms with van der Waals surface area (Å²) in [5.74, 6) is -1.19. The molecule has 1 aliphatic heterocycles. The van der Waals surface area contributed by atoms with Gasteiger partial charge in [0.05, 0.1) is 5.92 Å². The van der Waals surface area contributed by atoms with Crippen molar-refractivity contribution in [3.8, 4) is 0 Å². The van der Waals surface area contributed by atoms with Gasteiger partial charge in [-0.1, -0.05) is 30.3 Å². The standard InChI is InChI=1S/C16H24N2O2/c1-17-10-6-9-14(11-17)18(2)12-15(16(19)20)13-7-4-3-5-8-13/h3-5,7-8,14-15H,6,9-12H2,1-2H3,(H,19,20). The molecule has 2 unspecified atom stereocenters. The van der Waals surface area contributed by atoms with E-state index in [1.54, 1.807) is 0 Å². The van der Waals surface area contributed by atoms with Gasteiger partial charge in [-0.05, 0) is 39.0 Å². The fraction of sp³-hybridized carbons (Fsp3) is 0.562. The number of carboxylic acid groups (broad SMARTS) is 1. The van der Waals surface area contributed by atoms with Gasteiger partial charge in [-0.2, -0.15) is 0 Å². The molecule has 0 spiro atoms. The molecule has 20 heavy (non-hydrogen) atoms. The summed E-state index contributed by atoms with van der Waals surface area (Å²) in [4.78, 5) is 16.1. The van der Waals surface area contributed by atoms with Crippen LogP contribution >= 0.6 is 0 Å². The van der Waals surface area contributed by atoms with Crippen LogP contribution in [0.3, 0.4) is 0 Å². The van der Waals surface area contributed by atoms with Crippen LogP contribution in [-0.4, -0.2) is 60.6 Å². The lowest BCUT2D eigenvalue weighted by Gasteiger charge is -2.36. The molecule has 1 N–H and O–H groups in total. The Bertz CT molecular complexity index is 435. The summed E-state index contributed by atoms with van der Waals surface area (Å²) in [6.45, 7) is 2.74. The van der Waals surface area contributed by atoms with Gasteiger partial charge in [0.2, 0.25) is 0 Å². The zero-order valence-corrected chi connectivity index (χ0v) is 12.3. The van der Waals surface area contributed by atoms with Crippen molar-refractivity contribution in [2.45, 2.75) is 24.8 Å². The molecule has 0 amide bonds. The molecule has 4 nitrogen and oxygen atoms in total. The Balaban J connectivity index is 2.03. The normalized spacial score (nSPS) is 21.9. The van der Waals surface area contributed by atoms with Crippen LogP contribution in [0.4, 0.5) is 0 Å². The number of rotatable bonds is 5. The highest BCUT2D eigenvalue weighted by atomic mass is 16.4. The molecule has 0 saturated carbocycles. The van der Waals surface area contributed by atoms with Gasteiger partial charge in [0.15, 0.2) is 0 Å². The van der Waals surface area contributed by atoms with E-state index < -0.39 is 11.9 Å². The van der Waals surface area contributed by atoms with E-state index in [4.69, 9.17) is 0 Å². The molecule has 0 bridgehead atoms. The second kappa shape index (κ2) is 6.86. The first-order valence-electron chi connectivity index (χ1n) is 7.24. The fourth-order valence-corrected chi connectivity index (χ4v) is 2.95. The molecule has 1 fully saturated rings.